The largest absolute Gasteiger partial charge is 0.512 e. The van der Waals surface area contributed by atoms with E-state index in [0.717, 1.165) is 42.7 Å². The van der Waals surface area contributed by atoms with Gasteiger partial charge in [0.2, 0.25) is 0 Å². The third-order valence-corrected chi connectivity index (χ3v) is 12.4. The number of aliphatic hydroxyl groups excluding tert-OH is 1. The molecule has 0 unspecified atom stereocenters. The second-order valence-electron chi connectivity index (χ2n) is 18.6. The zero-order valence-electron chi connectivity index (χ0n) is 37.7. The molecular formula is C50H63F3IrNO2S-. The number of aryl methyl sites for hydroxylation is 1. The Hall–Kier alpha value is -3.32. The summed E-state index contributed by atoms with van der Waals surface area (Å²) in [5.41, 5.74) is 4.14. The molecule has 0 aliphatic carbocycles. The molecule has 0 spiro atoms. The van der Waals surface area contributed by atoms with Crippen LogP contribution in [0.5, 0.6) is 0 Å². The molecule has 0 saturated heterocycles. The van der Waals surface area contributed by atoms with Crippen molar-refractivity contribution in [2.75, 3.05) is 0 Å². The van der Waals surface area contributed by atoms with Gasteiger partial charge in [0.05, 0.1) is 12.5 Å². The third-order valence-electron chi connectivity index (χ3n) is 11.1. The quantitative estimate of drug-likeness (QED) is 0.0815. The number of hydrogen-bond donors (Lipinski definition) is 1. The smallest absolute Gasteiger partial charge is 0.394 e. The first-order chi connectivity index (χ1) is 26.8. The number of carbonyl (C=O) groups excluding carboxylic acids is 1. The molecule has 3 aromatic carbocycles. The van der Waals surface area contributed by atoms with E-state index in [0.29, 0.717) is 5.56 Å². The van der Waals surface area contributed by atoms with Crippen molar-refractivity contribution >= 4 is 38.0 Å². The van der Waals surface area contributed by atoms with Crippen molar-refractivity contribution in [1.29, 1.82) is 0 Å². The van der Waals surface area contributed by atoms with Crippen LogP contribution < -0.4 is 0 Å². The van der Waals surface area contributed by atoms with Gasteiger partial charge in [-0.2, -0.15) is 13.2 Å². The Morgan fingerprint density at radius 3 is 1.91 bits per heavy atom. The molecule has 0 aliphatic heterocycles. The summed E-state index contributed by atoms with van der Waals surface area (Å²) in [6.07, 6.45) is -2.45. The standard InChI is InChI=1S/C33H31F3NS.C17H32O2.Ir/c1-20-25-15-16-37-28(24-17-23-9-7-8-10-26(23)27(18-24)31(2,3)4)30(25)38-29(20)22-13-11-21(12-14-22)19-32(5,6)33(34,35)36;1-10(2)16(11(3)4)14(18)9-15(19)17(12(5)6)13(7)8;/h7-16,18H,19H2,1-6H3;9-13,16-18H,1-8H3;/q-1;;/b;14-9-;/i;9D;. The van der Waals surface area contributed by atoms with Crippen LogP contribution in [0.25, 0.3) is 42.6 Å². The van der Waals surface area contributed by atoms with Gasteiger partial charge in [-0.1, -0.05) is 143 Å². The molecule has 2 heterocycles. The van der Waals surface area contributed by atoms with Crippen LogP contribution in [0.3, 0.4) is 0 Å². The Morgan fingerprint density at radius 2 is 1.40 bits per heavy atom. The predicted octanol–water partition coefficient (Wildman–Crippen LogP) is 15.2. The van der Waals surface area contributed by atoms with Crippen molar-refractivity contribution in [3.63, 3.8) is 0 Å². The summed E-state index contributed by atoms with van der Waals surface area (Å²) in [5.74, 6) is 0.167. The number of aromatic nitrogens is 1. The van der Waals surface area contributed by atoms with Gasteiger partial charge < -0.3 is 5.11 Å². The number of aliphatic hydroxyl groups is 1. The van der Waals surface area contributed by atoms with Gasteiger partial charge in [0, 0.05) is 59.5 Å². The maximum absolute atomic E-state index is 13.4. The van der Waals surface area contributed by atoms with E-state index >= 15 is 0 Å². The number of fused-ring (bicyclic) bond motifs is 2. The molecule has 0 fully saturated rings. The molecule has 5 aromatic rings. The number of benzene rings is 3. The van der Waals surface area contributed by atoms with E-state index in [1.807, 2.05) is 98.0 Å². The van der Waals surface area contributed by atoms with Gasteiger partial charge in [0.15, 0.2) is 5.78 Å². The van der Waals surface area contributed by atoms with Gasteiger partial charge in [-0.15, -0.1) is 40.5 Å². The Morgan fingerprint density at radius 1 is 0.845 bits per heavy atom. The molecule has 3 nitrogen and oxygen atoms in total. The predicted molar refractivity (Wildman–Crippen MR) is 236 cm³/mol. The summed E-state index contributed by atoms with van der Waals surface area (Å²) < 4.78 is 49.3. The number of hydrogen-bond acceptors (Lipinski definition) is 4. The average molecular weight is 992 g/mol. The van der Waals surface area contributed by atoms with Gasteiger partial charge in [0.25, 0.3) is 0 Å². The SMILES string of the molecule is Cc1c(-c2ccc(CC(C)(C)C(F)(F)F)cc2)sc2c(-c3[c-]c4ccccc4c(C(C)(C)C)c3)nccc12.[2H]/C(C(=O)C(C(C)C)C(C)C)=C(/O)C(C(C)C)C(C)C.[Ir]. The first-order valence-corrected chi connectivity index (χ1v) is 21.0. The van der Waals surface area contributed by atoms with Crippen LogP contribution in [-0.4, -0.2) is 22.1 Å². The van der Waals surface area contributed by atoms with Gasteiger partial charge in [0.1, 0.15) is 0 Å². The Bertz CT molecular complexity index is 2230. The number of thiophene rings is 1. The number of alkyl halides is 3. The van der Waals surface area contributed by atoms with E-state index < -0.39 is 11.6 Å². The molecule has 5 rings (SSSR count). The summed E-state index contributed by atoms with van der Waals surface area (Å²) in [6, 6.07) is 23.5. The van der Waals surface area contributed by atoms with Gasteiger partial charge >= 0.3 is 6.18 Å². The monoisotopic (exact) mass is 992 g/mol. The van der Waals surface area contributed by atoms with Crippen LogP contribution in [0.4, 0.5) is 13.2 Å². The second kappa shape index (κ2) is 19.4. The summed E-state index contributed by atoms with van der Waals surface area (Å²) in [5, 5.41) is 13.8. The second-order valence-corrected chi connectivity index (χ2v) is 19.7. The van der Waals surface area contributed by atoms with Gasteiger partial charge in [-0.05, 0) is 70.6 Å². The van der Waals surface area contributed by atoms with E-state index in [4.69, 9.17) is 6.35 Å². The minimum absolute atomic E-state index is 0. The summed E-state index contributed by atoms with van der Waals surface area (Å²) >= 11 is 1.68. The van der Waals surface area contributed by atoms with Crippen LogP contribution >= 0.6 is 11.3 Å². The molecule has 0 atom stereocenters. The maximum Gasteiger partial charge on any atom is 0.394 e. The number of rotatable bonds is 11. The van der Waals surface area contributed by atoms with Crippen LogP contribution in [0, 0.1) is 53.9 Å². The van der Waals surface area contributed by atoms with E-state index in [9.17, 15) is 23.1 Å². The zero-order chi connectivity index (χ0) is 43.7. The van der Waals surface area contributed by atoms with Crippen molar-refractivity contribution in [2.24, 2.45) is 40.9 Å². The minimum atomic E-state index is -4.25. The fourth-order valence-corrected chi connectivity index (χ4v) is 9.36. The molecule has 317 valence electrons. The van der Waals surface area contributed by atoms with Crippen molar-refractivity contribution < 1.29 is 44.5 Å². The summed E-state index contributed by atoms with van der Waals surface area (Å²) in [7, 11) is 0. The number of nitrogens with zero attached hydrogens (tertiary/aromatic N) is 1. The van der Waals surface area contributed by atoms with Crippen molar-refractivity contribution in [2.45, 2.75) is 115 Å². The number of ketones is 1. The van der Waals surface area contributed by atoms with Crippen LogP contribution in [0.1, 0.15) is 108 Å². The fourth-order valence-electron chi connectivity index (χ4n) is 8.05. The molecular weight excluding hydrogens is 928 g/mol. The molecule has 8 heteroatoms. The topological polar surface area (TPSA) is 50.2 Å². The number of pyridine rings is 1. The first kappa shape index (κ1) is 47.4. The van der Waals surface area contributed by atoms with E-state index in [1.165, 1.54) is 24.8 Å². The molecule has 2 aromatic heterocycles. The van der Waals surface area contributed by atoms with E-state index in [1.54, 1.807) is 11.3 Å². The molecule has 0 saturated carbocycles. The maximum atomic E-state index is 13.4. The molecule has 1 radical (unpaired) electrons. The Labute approximate surface area is 364 Å². The first-order valence-electron chi connectivity index (χ1n) is 20.7. The van der Waals surface area contributed by atoms with Crippen LogP contribution in [0.2, 0.25) is 0 Å². The van der Waals surface area contributed by atoms with E-state index in [-0.39, 0.29) is 85.0 Å². The van der Waals surface area contributed by atoms with Crippen molar-refractivity contribution in [3.05, 3.63) is 101 Å². The van der Waals surface area contributed by atoms with Crippen molar-refractivity contribution in [1.82, 2.24) is 4.98 Å². The fraction of sp³-hybridized carbons (Fsp3) is 0.480. The van der Waals surface area contributed by atoms with Gasteiger partial charge in [-0.3, -0.25) is 9.78 Å². The van der Waals surface area contributed by atoms with Crippen molar-refractivity contribution in [3.8, 4) is 21.7 Å². The molecule has 1 N–H and O–H groups in total. The van der Waals surface area contributed by atoms with Crippen LogP contribution in [-0.2, 0) is 36.7 Å². The third kappa shape index (κ3) is 11.3. The van der Waals surface area contributed by atoms with E-state index in [2.05, 4.69) is 58.0 Å². The zero-order valence-corrected chi connectivity index (χ0v) is 39.9. The Balaban J connectivity index is 0.000000379. The normalized spacial score (nSPS) is 13.4. The molecule has 0 aliphatic rings. The van der Waals surface area contributed by atoms with Gasteiger partial charge in [-0.25, -0.2) is 0 Å². The summed E-state index contributed by atoms with van der Waals surface area (Å²) in [6.45, 7) is 27.3. The number of halogens is 3. The minimum Gasteiger partial charge on any atom is -0.512 e. The molecule has 0 amide bonds. The Kier molecular flexibility index (Phi) is 15.8. The number of carbonyl (C=O) groups is 1. The number of allylic oxidation sites excluding steroid dienone is 2. The molecule has 58 heavy (non-hydrogen) atoms. The summed E-state index contributed by atoms with van der Waals surface area (Å²) in [4.78, 5) is 18.4. The van der Waals surface area contributed by atoms with Crippen LogP contribution in [0.15, 0.2) is 78.7 Å². The average Bonchev–Trinajstić information content (AvgIpc) is 3.45. The molecule has 0 bridgehead atoms.